The molecular weight excluding hydrogens is 868 g/mol. The van der Waals surface area contributed by atoms with E-state index in [0.717, 1.165) is 58.3 Å². The van der Waals surface area contributed by atoms with Crippen LogP contribution < -0.4 is 30.9 Å². The average molecular weight is 924 g/mol. The number of ether oxygens (including phenoxy) is 4. The van der Waals surface area contributed by atoms with Crippen LogP contribution in [-0.2, 0) is 29.9 Å². The van der Waals surface area contributed by atoms with Gasteiger partial charge in [0.25, 0.3) is 8.53 Å². The maximum Gasteiger partial charge on any atom is 0.351 e. The van der Waals surface area contributed by atoms with E-state index in [1.165, 1.54) is 20.5 Å². The zero-order chi connectivity index (χ0) is 45.7. The molecule has 341 valence electrons. The Kier molecular flexibility index (Phi) is 14.2. The van der Waals surface area contributed by atoms with Crippen LogP contribution in [0.2, 0.25) is 6.04 Å². The van der Waals surface area contributed by atoms with Gasteiger partial charge in [-0.2, -0.15) is 4.98 Å². The van der Waals surface area contributed by atoms with Crippen molar-refractivity contribution in [2.75, 3.05) is 32.7 Å². The number of aromatic nitrogens is 2. The van der Waals surface area contributed by atoms with Crippen molar-refractivity contribution in [3.63, 3.8) is 0 Å². The summed E-state index contributed by atoms with van der Waals surface area (Å²) in [6, 6.07) is 45.1. The van der Waals surface area contributed by atoms with Crippen LogP contribution in [0.3, 0.4) is 0 Å². The maximum absolute atomic E-state index is 13.5. The van der Waals surface area contributed by atoms with Crippen LogP contribution >= 0.6 is 8.53 Å². The quantitative estimate of drug-likeness (QED) is 0.0706. The van der Waals surface area contributed by atoms with Gasteiger partial charge in [-0.25, -0.2) is 9.46 Å². The Morgan fingerprint density at radius 2 is 1.53 bits per heavy atom. The summed E-state index contributed by atoms with van der Waals surface area (Å²) in [5.41, 5.74) is 5.92. The molecule has 6 aromatic rings. The minimum absolute atomic E-state index is 0.0192. The zero-order valence-corrected chi connectivity index (χ0v) is 39.9. The van der Waals surface area contributed by atoms with Crippen molar-refractivity contribution in [1.82, 2.24) is 14.2 Å². The van der Waals surface area contributed by atoms with E-state index in [0.29, 0.717) is 13.0 Å². The topological polar surface area (TPSA) is 123 Å². The third-order valence-corrected chi connectivity index (χ3v) is 17.3. The standard InChI is InChI=1S/C52H56N4O8PSi/c1-34(2)51(57)53-49-26-27-55(52(58)54-49)50-30-46(63-65-56-28-25-45(56)48(64-65)33-66(42-9-7-6-8-10-42)43-23-11-35(3)12-24-43)47(62-50)32-61-31-39-14-13-38(36-15-19-40(59-4)20-16-36)29-44(39)37-17-21-41(60-5)22-18-37/h6-24,26-27,29,34,45-48,50H,25,28,30-33H2,1-5H3,(H,53,54,57,58). The molecule has 0 spiro atoms. The lowest BCUT2D eigenvalue weighted by atomic mass is 9.94. The third kappa shape index (κ3) is 10.2. The van der Waals surface area contributed by atoms with Crippen LogP contribution in [0.5, 0.6) is 11.5 Å². The number of hydrogen-bond donors (Lipinski definition) is 1. The van der Waals surface area contributed by atoms with E-state index in [9.17, 15) is 9.59 Å². The van der Waals surface area contributed by atoms with Crippen molar-refractivity contribution in [1.29, 1.82) is 0 Å². The number of benzene rings is 5. The van der Waals surface area contributed by atoms with Gasteiger partial charge in [-0.1, -0.05) is 121 Å². The first kappa shape index (κ1) is 45.6. The molecule has 0 saturated carbocycles. The lowest BCUT2D eigenvalue weighted by molar-refractivity contribution is -0.118. The van der Waals surface area contributed by atoms with E-state index < -0.39 is 41.4 Å². The number of aryl methyl sites for hydroxylation is 1. The summed E-state index contributed by atoms with van der Waals surface area (Å²) in [5.74, 6) is 1.30. The van der Waals surface area contributed by atoms with E-state index in [-0.39, 0.29) is 36.4 Å². The lowest BCUT2D eigenvalue weighted by Crippen LogP contribution is -2.50. The van der Waals surface area contributed by atoms with Gasteiger partial charge in [0.15, 0.2) is 0 Å². The van der Waals surface area contributed by atoms with Crippen LogP contribution in [0.4, 0.5) is 5.82 Å². The summed E-state index contributed by atoms with van der Waals surface area (Å²) < 4.78 is 42.0. The Hall–Kier alpha value is -5.50. The Labute approximate surface area is 389 Å². The van der Waals surface area contributed by atoms with Gasteiger partial charge in [-0.3, -0.25) is 9.36 Å². The first-order valence-electron chi connectivity index (χ1n) is 22.6. The number of methoxy groups -OCH3 is 2. The summed E-state index contributed by atoms with van der Waals surface area (Å²) in [6.07, 6.45) is 1.44. The molecule has 0 bridgehead atoms. The fourth-order valence-corrected chi connectivity index (χ4v) is 13.5. The monoisotopic (exact) mass is 923 g/mol. The molecule has 1 N–H and O–H groups in total. The number of carbonyl (C=O) groups is 1. The highest BCUT2D eigenvalue weighted by molar-refractivity contribution is 7.45. The van der Waals surface area contributed by atoms with Crippen LogP contribution in [0.25, 0.3) is 22.3 Å². The van der Waals surface area contributed by atoms with Gasteiger partial charge in [0.1, 0.15) is 38.4 Å². The number of fused-ring (bicyclic) bond motifs is 1. The summed E-state index contributed by atoms with van der Waals surface area (Å²) in [4.78, 5) is 30.1. The van der Waals surface area contributed by atoms with Gasteiger partial charge < -0.3 is 33.3 Å². The number of carbonyl (C=O) groups excluding carboxylic acids is 1. The van der Waals surface area contributed by atoms with Crippen molar-refractivity contribution in [2.45, 2.75) is 76.8 Å². The summed E-state index contributed by atoms with van der Waals surface area (Å²) in [7, 11) is 0.762. The van der Waals surface area contributed by atoms with Gasteiger partial charge in [-0.05, 0) is 83.6 Å². The second kappa shape index (κ2) is 20.6. The molecule has 1 radical (unpaired) electrons. The highest BCUT2D eigenvalue weighted by Gasteiger charge is 2.52. The molecular formula is C52H56N4O8PSi. The molecule has 3 saturated heterocycles. The normalized spacial score (nSPS) is 21.4. The molecule has 3 fully saturated rings. The fraction of sp³-hybridized carbons (Fsp3) is 0.327. The van der Waals surface area contributed by atoms with Crippen LogP contribution in [0.15, 0.2) is 138 Å². The van der Waals surface area contributed by atoms with Gasteiger partial charge in [0.05, 0.1) is 39.6 Å². The number of hydrogen-bond acceptors (Lipinski definition) is 10. The molecule has 6 atom stereocenters. The van der Waals surface area contributed by atoms with E-state index in [4.69, 9.17) is 28.0 Å². The predicted molar refractivity (Wildman–Crippen MR) is 260 cm³/mol. The zero-order valence-electron chi connectivity index (χ0n) is 38.0. The largest absolute Gasteiger partial charge is 0.497 e. The van der Waals surface area contributed by atoms with E-state index >= 15 is 0 Å². The Bertz CT molecular complexity index is 2650. The van der Waals surface area contributed by atoms with Crippen molar-refractivity contribution >= 4 is 39.4 Å². The van der Waals surface area contributed by atoms with Crippen LogP contribution in [0, 0.1) is 12.8 Å². The molecule has 12 nitrogen and oxygen atoms in total. The van der Waals surface area contributed by atoms with Crippen LogP contribution in [0.1, 0.15) is 44.0 Å². The molecule has 9 rings (SSSR count). The molecule has 1 aromatic heterocycles. The first-order valence-corrected chi connectivity index (χ1v) is 25.4. The Balaban J connectivity index is 0.953. The van der Waals surface area contributed by atoms with Gasteiger partial charge in [0.2, 0.25) is 5.91 Å². The molecule has 66 heavy (non-hydrogen) atoms. The second-order valence-electron chi connectivity index (χ2n) is 17.3. The summed E-state index contributed by atoms with van der Waals surface area (Å²) >= 11 is 0. The van der Waals surface area contributed by atoms with Gasteiger partial charge in [-0.15, -0.1) is 0 Å². The number of nitrogens with zero attached hydrogens (tertiary/aromatic N) is 3. The molecule has 14 heteroatoms. The van der Waals surface area contributed by atoms with E-state index in [1.54, 1.807) is 40.3 Å². The number of nitrogens with one attached hydrogen (secondary N) is 1. The molecule has 3 aliphatic rings. The van der Waals surface area contributed by atoms with Crippen molar-refractivity contribution in [3.05, 3.63) is 155 Å². The number of anilines is 1. The fourth-order valence-electron chi connectivity index (χ4n) is 8.69. The molecule has 6 unspecified atom stereocenters. The summed E-state index contributed by atoms with van der Waals surface area (Å²) in [6.45, 7) is 7.11. The summed E-state index contributed by atoms with van der Waals surface area (Å²) in [5, 5.41) is 5.46. The van der Waals surface area contributed by atoms with Crippen molar-refractivity contribution in [2.24, 2.45) is 5.92 Å². The van der Waals surface area contributed by atoms with E-state index in [1.807, 2.05) is 24.3 Å². The molecule has 4 heterocycles. The van der Waals surface area contributed by atoms with Gasteiger partial charge in [0, 0.05) is 31.1 Å². The average Bonchev–Trinajstić information content (AvgIpc) is 3.82. The molecule has 5 aromatic carbocycles. The Morgan fingerprint density at radius 1 is 0.848 bits per heavy atom. The smallest absolute Gasteiger partial charge is 0.351 e. The lowest BCUT2D eigenvalue weighted by Gasteiger charge is -2.37. The van der Waals surface area contributed by atoms with Crippen LogP contribution in [-0.4, -0.2) is 80.7 Å². The predicted octanol–water partition coefficient (Wildman–Crippen LogP) is 8.40. The minimum Gasteiger partial charge on any atom is -0.497 e. The maximum atomic E-state index is 13.5. The van der Waals surface area contributed by atoms with Gasteiger partial charge >= 0.3 is 5.69 Å². The minimum atomic E-state index is -1.41. The van der Waals surface area contributed by atoms with Crippen molar-refractivity contribution < 1.29 is 32.8 Å². The Morgan fingerprint density at radius 3 is 2.18 bits per heavy atom. The molecule has 1 amide bonds. The highest BCUT2D eigenvalue weighted by atomic mass is 31.2. The van der Waals surface area contributed by atoms with Crippen molar-refractivity contribution in [3.8, 4) is 33.8 Å². The third-order valence-electron chi connectivity index (χ3n) is 12.6. The highest BCUT2D eigenvalue weighted by Crippen LogP contribution is 2.59. The molecule has 3 aliphatic heterocycles. The number of rotatable bonds is 17. The SMILES string of the molecule is COc1ccc(-c2ccc(COCC3OC(n4ccc(NC(=O)C(C)C)nc4=O)CC3OP3OC(C[Si](c4ccccc4)c4ccc(C)cc4)C4CCN43)c(-c3ccc(OC)cc3)c2)cc1. The first-order chi connectivity index (χ1) is 32.1. The van der Waals surface area contributed by atoms with E-state index in [2.05, 4.69) is 119 Å². The second-order valence-corrected chi connectivity index (χ2v) is 21.2. The molecule has 0 aliphatic carbocycles. The number of amides is 1.